The van der Waals surface area contributed by atoms with E-state index in [1.165, 1.54) is 6.07 Å². The van der Waals surface area contributed by atoms with Crippen LogP contribution in [0, 0.1) is 10.1 Å². The van der Waals surface area contributed by atoms with E-state index in [0.29, 0.717) is 6.54 Å². The van der Waals surface area contributed by atoms with Gasteiger partial charge in [-0.25, -0.2) is 9.97 Å². The summed E-state index contributed by atoms with van der Waals surface area (Å²) in [5.74, 6) is 3.86. The molecule has 0 atom stereocenters. The topological polar surface area (TPSA) is 84.2 Å². The van der Waals surface area contributed by atoms with E-state index in [4.69, 9.17) is 0 Å². The maximum absolute atomic E-state index is 10.8. The van der Waals surface area contributed by atoms with Gasteiger partial charge in [0, 0.05) is 49.3 Å². The molecule has 3 rings (SSSR count). The maximum Gasteiger partial charge on any atom is 0.269 e. The summed E-state index contributed by atoms with van der Waals surface area (Å²) in [7, 11) is 0. The summed E-state index contributed by atoms with van der Waals surface area (Å²) in [6.07, 6.45) is 1.55. The average molecular weight is 331 g/mol. The lowest BCUT2D eigenvalue weighted by atomic mass is 10.2. The molecule has 0 saturated carbocycles. The molecule has 0 amide bonds. The van der Waals surface area contributed by atoms with Gasteiger partial charge < -0.3 is 10.2 Å². The average Bonchev–Trinajstić information content (AvgIpc) is 2.61. The van der Waals surface area contributed by atoms with Crippen molar-refractivity contribution in [1.29, 1.82) is 0 Å². The number of nitro benzene ring substituents is 1. The number of nitro groups is 1. The second-order valence-corrected chi connectivity index (χ2v) is 6.37. The molecule has 0 aliphatic carbocycles. The molecule has 1 aliphatic rings. The summed E-state index contributed by atoms with van der Waals surface area (Å²) in [4.78, 5) is 21.2. The number of aromatic nitrogens is 2. The van der Waals surface area contributed by atoms with E-state index >= 15 is 0 Å². The van der Waals surface area contributed by atoms with E-state index in [1.54, 1.807) is 18.5 Å². The maximum atomic E-state index is 10.8. The zero-order valence-electron chi connectivity index (χ0n) is 12.5. The molecule has 0 unspecified atom stereocenters. The first-order valence-corrected chi connectivity index (χ1v) is 8.50. The molecular formula is C15H17N5O2S. The van der Waals surface area contributed by atoms with E-state index in [9.17, 15) is 10.1 Å². The summed E-state index contributed by atoms with van der Waals surface area (Å²) in [6.45, 7) is 2.46. The van der Waals surface area contributed by atoms with Gasteiger partial charge in [0.25, 0.3) is 5.69 Å². The van der Waals surface area contributed by atoms with Gasteiger partial charge >= 0.3 is 0 Å². The molecule has 2 aromatic rings. The van der Waals surface area contributed by atoms with Crippen LogP contribution in [0.15, 0.2) is 36.7 Å². The van der Waals surface area contributed by atoms with Crippen molar-refractivity contribution in [3.8, 4) is 0 Å². The van der Waals surface area contributed by atoms with Crippen LogP contribution in [0.1, 0.15) is 5.56 Å². The first kappa shape index (κ1) is 15.5. The molecule has 0 radical (unpaired) electrons. The van der Waals surface area contributed by atoms with Crippen molar-refractivity contribution < 1.29 is 4.92 Å². The molecular weight excluding hydrogens is 314 g/mol. The summed E-state index contributed by atoms with van der Waals surface area (Å²) < 4.78 is 0. The molecule has 120 valence electrons. The standard InChI is InChI=1S/C15H17N5O2S/c21-20(22)13-3-1-2-12(8-13)10-16-14-9-15(18-11-17-14)19-4-6-23-7-5-19/h1-3,8-9,11H,4-7,10H2,(H,16,17,18). The number of non-ortho nitro benzene ring substituents is 1. The van der Waals surface area contributed by atoms with Crippen molar-refractivity contribution in [3.05, 3.63) is 52.3 Å². The Kier molecular flexibility index (Phi) is 4.92. The van der Waals surface area contributed by atoms with E-state index in [0.717, 1.165) is 41.8 Å². The first-order valence-electron chi connectivity index (χ1n) is 7.34. The van der Waals surface area contributed by atoms with Crippen LogP contribution in [0.5, 0.6) is 0 Å². The molecule has 1 N–H and O–H groups in total. The van der Waals surface area contributed by atoms with Crippen molar-refractivity contribution in [2.75, 3.05) is 34.8 Å². The minimum absolute atomic E-state index is 0.0958. The van der Waals surface area contributed by atoms with Gasteiger partial charge in [-0.15, -0.1) is 0 Å². The third-order valence-electron chi connectivity index (χ3n) is 3.58. The highest BCUT2D eigenvalue weighted by molar-refractivity contribution is 7.99. The second kappa shape index (κ2) is 7.28. The Morgan fingerprint density at radius 3 is 2.87 bits per heavy atom. The molecule has 0 spiro atoms. The second-order valence-electron chi connectivity index (χ2n) is 5.14. The smallest absolute Gasteiger partial charge is 0.269 e. The van der Waals surface area contributed by atoms with Crippen LogP contribution in [-0.2, 0) is 6.54 Å². The summed E-state index contributed by atoms with van der Waals surface area (Å²) in [6, 6.07) is 8.51. The molecule has 0 bridgehead atoms. The van der Waals surface area contributed by atoms with Crippen molar-refractivity contribution in [3.63, 3.8) is 0 Å². The summed E-state index contributed by atoms with van der Waals surface area (Å²) in [5.41, 5.74) is 0.937. The fraction of sp³-hybridized carbons (Fsp3) is 0.333. The van der Waals surface area contributed by atoms with Gasteiger partial charge in [-0.05, 0) is 5.56 Å². The van der Waals surface area contributed by atoms with Gasteiger partial charge in [-0.3, -0.25) is 10.1 Å². The molecule has 8 heteroatoms. The highest BCUT2D eigenvalue weighted by Crippen LogP contribution is 2.19. The number of anilines is 2. The highest BCUT2D eigenvalue weighted by Gasteiger charge is 2.13. The Hall–Kier alpha value is -2.35. The minimum atomic E-state index is -0.388. The number of rotatable bonds is 5. The molecule has 7 nitrogen and oxygen atoms in total. The fourth-order valence-corrected chi connectivity index (χ4v) is 3.28. The van der Waals surface area contributed by atoms with Gasteiger partial charge in [-0.2, -0.15) is 11.8 Å². The van der Waals surface area contributed by atoms with E-state index in [-0.39, 0.29) is 10.6 Å². The lowest BCUT2D eigenvalue weighted by molar-refractivity contribution is -0.384. The van der Waals surface area contributed by atoms with Gasteiger partial charge in [0.05, 0.1) is 4.92 Å². The van der Waals surface area contributed by atoms with Gasteiger partial charge in [0.15, 0.2) is 0 Å². The van der Waals surface area contributed by atoms with Gasteiger partial charge in [0.1, 0.15) is 18.0 Å². The van der Waals surface area contributed by atoms with E-state index in [1.807, 2.05) is 23.9 Å². The molecule has 2 heterocycles. The zero-order chi connectivity index (χ0) is 16.1. The summed E-state index contributed by atoms with van der Waals surface area (Å²) in [5, 5.41) is 14.0. The lowest BCUT2D eigenvalue weighted by Gasteiger charge is -2.27. The third kappa shape index (κ3) is 4.10. The van der Waals surface area contributed by atoms with Crippen LogP contribution in [0.4, 0.5) is 17.3 Å². The van der Waals surface area contributed by atoms with Crippen LogP contribution < -0.4 is 10.2 Å². The largest absolute Gasteiger partial charge is 0.366 e. The van der Waals surface area contributed by atoms with Crippen molar-refractivity contribution in [2.45, 2.75) is 6.54 Å². The number of thioether (sulfide) groups is 1. The number of benzene rings is 1. The highest BCUT2D eigenvalue weighted by atomic mass is 32.2. The van der Waals surface area contributed by atoms with Crippen LogP contribution in [0.25, 0.3) is 0 Å². The van der Waals surface area contributed by atoms with Crippen LogP contribution in [0.3, 0.4) is 0 Å². The molecule has 1 aromatic carbocycles. The number of hydrogen-bond acceptors (Lipinski definition) is 7. The van der Waals surface area contributed by atoms with Gasteiger partial charge in [-0.1, -0.05) is 12.1 Å². The molecule has 1 aromatic heterocycles. The molecule has 1 saturated heterocycles. The lowest BCUT2D eigenvalue weighted by Crippen LogP contribution is -2.33. The predicted molar refractivity (Wildman–Crippen MR) is 92.0 cm³/mol. The normalized spacial score (nSPS) is 14.5. The van der Waals surface area contributed by atoms with Gasteiger partial charge in [0.2, 0.25) is 0 Å². The van der Waals surface area contributed by atoms with Crippen LogP contribution in [0.2, 0.25) is 0 Å². The minimum Gasteiger partial charge on any atom is -0.366 e. The monoisotopic (exact) mass is 331 g/mol. The predicted octanol–water partition coefficient (Wildman–Crippen LogP) is 2.55. The van der Waals surface area contributed by atoms with Crippen molar-refractivity contribution in [2.24, 2.45) is 0 Å². The Morgan fingerprint density at radius 1 is 1.26 bits per heavy atom. The Morgan fingerprint density at radius 2 is 2.09 bits per heavy atom. The van der Waals surface area contributed by atoms with Crippen molar-refractivity contribution in [1.82, 2.24) is 9.97 Å². The van der Waals surface area contributed by atoms with Crippen LogP contribution in [-0.4, -0.2) is 39.5 Å². The molecule has 1 aliphatic heterocycles. The Labute approximate surface area is 138 Å². The quantitative estimate of drug-likeness (QED) is 0.666. The fourth-order valence-electron chi connectivity index (χ4n) is 2.38. The van der Waals surface area contributed by atoms with Crippen LogP contribution >= 0.6 is 11.8 Å². The zero-order valence-corrected chi connectivity index (χ0v) is 13.3. The first-order chi connectivity index (χ1) is 11.2. The summed E-state index contributed by atoms with van der Waals surface area (Å²) >= 11 is 1.95. The molecule has 23 heavy (non-hydrogen) atoms. The Bertz CT molecular complexity index is 691. The molecule has 1 fully saturated rings. The number of nitrogens with zero attached hydrogens (tertiary/aromatic N) is 4. The SMILES string of the molecule is O=[N+]([O-])c1cccc(CNc2cc(N3CCSCC3)ncn2)c1. The third-order valence-corrected chi connectivity index (χ3v) is 4.53. The van der Waals surface area contributed by atoms with E-state index < -0.39 is 0 Å². The number of hydrogen-bond donors (Lipinski definition) is 1. The number of nitrogens with one attached hydrogen (secondary N) is 1. The Balaban J connectivity index is 1.66. The van der Waals surface area contributed by atoms with Crippen molar-refractivity contribution >= 4 is 29.1 Å². The van der Waals surface area contributed by atoms with E-state index in [2.05, 4.69) is 20.2 Å².